The lowest BCUT2D eigenvalue weighted by molar-refractivity contribution is -0.115. The highest BCUT2D eigenvalue weighted by atomic mass is 35.5. The molecule has 0 aliphatic carbocycles. The predicted molar refractivity (Wildman–Crippen MR) is 87.3 cm³/mol. The van der Waals surface area contributed by atoms with E-state index in [9.17, 15) is 4.79 Å². The molecule has 116 valence electrons. The number of rotatable bonds is 5. The Bertz CT molecular complexity index is 618. The maximum Gasteiger partial charge on any atom is 0.240 e. The summed E-state index contributed by atoms with van der Waals surface area (Å²) in [5.41, 5.74) is 1.07. The second-order valence-electron chi connectivity index (χ2n) is 5.00. The van der Waals surface area contributed by atoms with Crippen LogP contribution in [0.3, 0.4) is 0 Å². The quantitative estimate of drug-likeness (QED) is 0.880. The maximum absolute atomic E-state index is 11.9. The van der Waals surface area contributed by atoms with E-state index in [2.05, 4.69) is 15.6 Å². The number of nitrogens with one attached hydrogen (secondary N) is 2. The lowest BCUT2D eigenvalue weighted by atomic mass is 10.0. The number of nitrogens with zero attached hydrogens (tertiary/aromatic N) is 1. The van der Waals surface area contributed by atoms with Crippen molar-refractivity contribution >= 4 is 34.0 Å². The van der Waals surface area contributed by atoms with Gasteiger partial charge in [0, 0.05) is 29.2 Å². The molecule has 2 aromatic rings. The number of anilines is 1. The van der Waals surface area contributed by atoms with Gasteiger partial charge in [-0.3, -0.25) is 4.79 Å². The fourth-order valence-electron chi connectivity index (χ4n) is 2.45. The van der Waals surface area contributed by atoms with Gasteiger partial charge in [0.1, 0.15) is 0 Å². The molecule has 3 rings (SSSR count). The molecule has 0 radical (unpaired) electrons. The number of amides is 1. The topological polar surface area (TPSA) is 63.2 Å². The van der Waals surface area contributed by atoms with Gasteiger partial charge in [0.25, 0.3) is 0 Å². The van der Waals surface area contributed by atoms with Crippen molar-refractivity contribution in [3.8, 4) is 0 Å². The average molecular weight is 338 g/mol. The molecular weight excluding hydrogens is 322 g/mol. The SMILES string of the molecule is O=C(CN[C@H]1CCO[C@@H]1c1ccc(Cl)cc1)Nc1nccs1. The first-order valence-electron chi connectivity index (χ1n) is 7.02. The Hall–Kier alpha value is -1.47. The molecule has 1 fully saturated rings. The van der Waals surface area contributed by atoms with E-state index in [1.807, 2.05) is 29.6 Å². The van der Waals surface area contributed by atoms with Crippen molar-refractivity contribution in [2.75, 3.05) is 18.5 Å². The molecular formula is C15H16ClN3O2S. The van der Waals surface area contributed by atoms with Crippen molar-refractivity contribution in [2.24, 2.45) is 0 Å². The second-order valence-corrected chi connectivity index (χ2v) is 6.34. The summed E-state index contributed by atoms with van der Waals surface area (Å²) in [5, 5.41) is 9.16. The highest BCUT2D eigenvalue weighted by Gasteiger charge is 2.29. The van der Waals surface area contributed by atoms with Crippen molar-refractivity contribution in [3.63, 3.8) is 0 Å². The van der Waals surface area contributed by atoms with Gasteiger partial charge < -0.3 is 15.4 Å². The van der Waals surface area contributed by atoms with Crippen LogP contribution < -0.4 is 10.6 Å². The van der Waals surface area contributed by atoms with Gasteiger partial charge >= 0.3 is 0 Å². The van der Waals surface area contributed by atoms with Crippen LogP contribution in [0, 0.1) is 0 Å². The zero-order chi connectivity index (χ0) is 15.4. The molecule has 1 aromatic carbocycles. The number of ether oxygens (including phenoxy) is 1. The zero-order valence-electron chi connectivity index (χ0n) is 11.8. The van der Waals surface area contributed by atoms with Crippen molar-refractivity contribution < 1.29 is 9.53 Å². The molecule has 2 heterocycles. The normalized spacial score (nSPS) is 21.0. The molecule has 1 amide bonds. The number of benzene rings is 1. The number of hydrogen-bond donors (Lipinski definition) is 2. The monoisotopic (exact) mass is 337 g/mol. The zero-order valence-corrected chi connectivity index (χ0v) is 13.4. The first-order chi connectivity index (χ1) is 10.7. The Morgan fingerprint density at radius 2 is 2.23 bits per heavy atom. The van der Waals surface area contributed by atoms with E-state index in [1.165, 1.54) is 11.3 Å². The minimum absolute atomic E-state index is 0.0510. The summed E-state index contributed by atoms with van der Waals surface area (Å²) in [6, 6.07) is 7.74. The number of aromatic nitrogens is 1. The third-order valence-corrected chi connectivity index (χ3v) is 4.43. The second kappa shape index (κ2) is 7.19. The Morgan fingerprint density at radius 1 is 1.41 bits per heavy atom. The van der Waals surface area contributed by atoms with E-state index in [0.29, 0.717) is 16.8 Å². The smallest absolute Gasteiger partial charge is 0.240 e. The van der Waals surface area contributed by atoms with E-state index in [1.54, 1.807) is 6.20 Å². The van der Waals surface area contributed by atoms with Crippen molar-refractivity contribution in [1.29, 1.82) is 0 Å². The molecule has 7 heteroatoms. The molecule has 5 nitrogen and oxygen atoms in total. The molecule has 2 N–H and O–H groups in total. The van der Waals surface area contributed by atoms with E-state index in [0.717, 1.165) is 12.0 Å². The lowest BCUT2D eigenvalue weighted by Gasteiger charge is -2.20. The lowest BCUT2D eigenvalue weighted by Crippen LogP contribution is -2.37. The van der Waals surface area contributed by atoms with E-state index >= 15 is 0 Å². The Morgan fingerprint density at radius 3 is 2.95 bits per heavy atom. The molecule has 2 atom stereocenters. The molecule has 0 bridgehead atoms. The van der Waals surface area contributed by atoms with Gasteiger partial charge in [0.15, 0.2) is 5.13 Å². The van der Waals surface area contributed by atoms with Gasteiger partial charge in [0.2, 0.25) is 5.91 Å². The first-order valence-corrected chi connectivity index (χ1v) is 8.28. The van der Waals surface area contributed by atoms with Gasteiger partial charge in [-0.15, -0.1) is 11.3 Å². The van der Waals surface area contributed by atoms with E-state index in [-0.39, 0.29) is 24.6 Å². The van der Waals surface area contributed by atoms with Crippen LogP contribution in [0.2, 0.25) is 5.02 Å². The third-order valence-electron chi connectivity index (χ3n) is 3.49. The van der Waals surface area contributed by atoms with Crippen LogP contribution in [0.15, 0.2) is 35.8 Å². The van der Waals surface area contributed by atoms with Gasteiger partial charge in [-0.1, -0.05) is 23.7 Å². The van der Waals surface area contributed by atoms with Crippen molar-refractivity contribution in [3.05, 3.63) is 46.4 Å². The third kappa shape index (κ3) is 3.84. The maximum atomic E-state index is 11.9. The van der Waals surface area contributed by atoms with Crippen LogP contribution in [0.25, 0.3) is 0 Å². The van der Waals surface area contributed by atoms with Crippen LogP contribution in [-0.4, -0.2) is 30.1 Å². The van der Waals surface area contributed by atoms with Gasteiger partial charge in [-0.05, 0) is 24.1 Å². The molecule has 0 saturated carbocycles. The largest absolute Gasteiger partial charge is 0.372 e. The van der Waals surface area contributed by atoms with Crippen LogP contribution in [0.1, 0.15) is 18.1 Å². The van der Waals surface area contributed by atoms with E-state index < -0.39 is 0 Å². The molecule has 22 heavy (non-hydrogen) atoms. The van der Waals surface area contributed by atoms with Gasteiger partial charge in [0.05, 0.1) is 12.6 Å². The van der Waals surface area contributed by atoms with Crippen LogP contribution >= 0.6 is 22.9 Å². The Balaban J connectivity index is 1.55. The fourth-order valence-corrected chi connectivity index (χ4v) is 3.12. The van der Waals surface area contributed by atoms with Crippen LogP contribution in [-0.2, 0) is 9.53 Å². The fraction of sp³-hybridized carbons (Fsp3) is 0.333. The van der Waals surface area contributed by atoms with Gasteiger partial charge in [-0.2, -0.15) is 0 Å². The summed E-state index contributed by atoms with van der Waals surface area (Å²) in [5.74, 6) is -0.100. The molecule has 1 aliphatic heterocycles. The minimum Gasteiger partial charge on any atom is -0.372 e. The number of carbonyl (C=O) groups is 1. The van der Waals surface area contributed by atoms with Crippen molar-refractivity contribution in [1.82, 2.24) is 10.3 Å². The minimum atomic E-state index is -0.100. The number of carbonyl (C=O) groups excluding carboxylic acids is 1. The van der Waals surface area contributed by atoms with Crippen LogP contribution in [0.5, 0.6) is 0 Å². The number of halogens is 1. The Labute approximate surface area is 137 Å². The molecule has 1 saturated heterocycles. The first kappa shape index (κ1) is 15.4. The molecule has 0 unspecified atom stereocenters. The van der Waals surface area contributed by atoms with Crippen molar-refractivity contribution in [2.45, 2.75) is 18.6 Å². The number of hydrogen-bond acceptors (Lipinski definition) is 5. The molecule has 0 spiro atoms. The summed E-state index contributed by atoms with van der Waals surface area (Å²) < 4.78 is 5.78. The standard InChI is InChI=1S/C15H16ClN3O2S/c16-11-3-1-10(2-4-11)14-12(5-7-21-14)18-9-13(20)19-15-17-6-8-22-15/h1-4,6,8,12,14,18H,5,7,9H2,(H,17,19,20)/t12-,14+/m0/s1. The summed E-state index contributed by atoms with van der Waals surface area (Å²) in [6.45, 7) is 0.913. The molecule has 1 aromatic heterocycles. The average Bonchev–Trinajstić information content (AvgIpc) is 3.17. The summed E-state index contributed by atoms with van der Waals surface area (Å²) in [7, 11) is 0. The Kier molecular flexibility index (Phi) is 5.04. The highest BCUT2D eigenvalue weighted by molar-refractivity contribution is 7.13. The predicted octanol–water partition coefficient (Wildman–Crippen LogP) is 2.85. The van der Waals surface area contributed by atoms with E-state index in [4.69, 9.17) is 16.3 Å². The highest BCUT2D eigenvalue weighted by Crippen LogP contribution is 2.29. The van der Waals surface area contributed by atoms with Crippen LogP contribution in [0.4, 0.5) is 5.13 Å². The number of thiazole rings is 1. The van der Waals surface area contributed by atoms with Gasteiger partial charge in [-0.25, -0.2) is 4.98 Å². The summed E-state index contributed by atoms with van der Waals surface area (Å²) >= 11 is 7.31. The summed E-state index contributed by atoms with van der Waals surface area (Å²) in [6.07, 6.45) is 2.48. The molecule has 1 aliphatic rings. The summed E-state index contributed by atoms with van der Waals surface area (Å²) in [4.78, 5) is 15.9.